The smallest absolute Gasteiger partial charge is 0.294 e. The van der Waals surface area contributed by atoms with Gasteiger partial charge in [-0.15, -0.1) is 0 Å². The maximum absolute atomic E-state index is 10.9. The van der Waals surface area contributed by atoms with E-state index >= 15 is 0 Å². The second-order valence-electron chi connectivity index (χ2n) is 4.19. The number of nitrogens with zero attached hydrogens (tertiary/aromatic N) is 2. The highest BCUT2D eigenvalue weighted by Gasteiger charge is 2.09. The van der Waals surface area contributed by atoms with Crippen LogP contribution in [0.2, 0.25) is 0 Å². The summed E-state index contributed by atoms with van der Waals surface area (Å²) in [7, 11) is 1.83. The molecule has 0 aliphatic carbocycles. The molecule has 0 saturated heterocycles. The zero-order valence-corrected chi connectivity index (χ0v) is 11.1. The summed E-state index contributed by atoms with van der Waals surface area (Å²) in [5.41, 5.74) is 0.916. The van der Waals surface area contributed by atoms with Crippen LogP contribution in [0.4, 0.5) is 5.69 Å². The summed E-state index contributed by atoms with van der Waals surface area (Å²) < 4.78 is 30.6. The lowest BCUT2D eigenvalue weighted by Gasteiger charge is -2.21. The summed E-state index contributed by atoms with van der Waals surface area (Å²) in [6.45, 7) is 1.76. The molecule has 0 fully saturated rings. The van der Waals surface area contributed by atoms with Gasteiger partial charge in [-0.3, -0.25) is 4.55 Å². The summed E-state index contributed by atoms with van der Waals surface area (Å²) >= 11 is 0. The molecule has 1 aromatic carbocycles. The van der Waals surface area contributed by atoms with Crippen molar-refractivity contribution in [3.05, 3.63) is 24.3 Å². The molecule has 0 bridgehead atoms. The zero-order chi connectivity index (χ0) is 13.1. The molecule has 6 heteroatoms. The summed E-state index contributed by atoms with van der Waals surface area (Å²) in [6, 6.07) is 6.16. The molecule has 1 aromatic rings. The molecule has 5 nitrogen and oxygen atoms in total. The third-order valence-corrected chi connectivity index (χ3v) is 3.33. The van der Waals surface area contributed by atoms with Crippen LogP contribution in [0.3, 0.4) is 0 Å². The van der Waals surface area contributed by atoms with E-state index in [-0.39, 0.29) is 4.90 Å². The van der Waals surface area contributed by atoms with Crippen LogP contribution in [0.25, 0.3) is 0 Å². The first-order chi connectivity index (χ1) is 7.80. The number of benzene rings is 1. The van der Waals surface area contributed by atoms with E-state index in [1.54, 1.807) is 12.1 Å². The maximum Gasteiger partial charge on any atom is 0.294 e. The predicted octanol–water partition coefficient (Wildman–Crippen LogP) is 0.931. The Hall–Kier alpha value is -1.11. The third kappa shape index (κ3) is 4.33. The van der Waals surface area contributed by atoms with Crippen molar-refractivity contribution in [1.29, 1.82) is 0 Å². The summed E-state index contributed by atoms with van der Waals surface area (Å²) in [5, 5.41) is 0. The summed E-state index contributed by atoms with van der Waals surface area (Å²) in [4.78, 5) is 4.01. The largest absolute Gasteiger partial charge is 0.373 e. The molecule has 0 spiro atoms. The van der Waals surface area contributed by atoms with E-state index in [1.807, 2.05) is 26.0 Å². The van der Waals surface area contributed by atoms with Crippen molar-refractivity contribution in [3.8, 4) is 0 Å². The van der Waals surface area contributed by atoms with E-state index in [2.05, 4.69) is 4.90 Å². The standard InChI is InChI=1S/C11H18N2O3S/c1-12(2)8-9-13(3)10-4-6-11(7-5-10)17(14,15)16/h4-7H,8-9H2,1-3H3,(H,14,15,16). The molecule has 0 radical (unpaired) electrons. The molecule has 0 saturated carbocycles. The van der Waals surface area contributed by atoms with Crippen LogP contribution in [0.1, 0.15) is 0 Å². The van der Waals surface area contributed by atoms with Crippen molar-refractivity contribution in [1.82, 2.24) is 4.90 Å². The van der Waals surface area contributed by atoms with Gasteiger partial charge in [0.15, 0.2) is 0 Å². The van der Waals surface area contributed by atoms with E-state index in [0.717, 1.165) is 18.8 Å². The maximum atomic E-state index is 10.9. The van der Waals surface area contributed by atoms with Gasteiger partial charge in [0, 0.05) is 25.8 Å². The fourth-order valence-electron chi connectivity index (χ4n) is 1.35. The quantitative estimate of drug-likeness (QED) is 0.796. The Morgan fingerprint density at radius 1 is 1.06 bits per heavy atom. The third-order valence-electron chi connectivity index (χ3n) is 2.46. The normalized spacial score (nSPS) is 11.8. The van der Waals surface area contributed by atoms with Crippen LogP contribution < -0.4 is 4.90 Å². The Labute approximate surface area is 102 Å². The van der Waals surface area contributed by atoms with Gasteiger partial charge >= 0.3 is 0 Å². The first-order valence-corrected chi connectivity index (χ1v) is 6.68. The zero-order valence-electron chi connectivity index (χ0n) is 10.3. The molecule has 0 aromatic heterocycles. The van der Waals surface area contributed by atoms with E-state index in [0.29, 0.717) is 0 Å². The van der Waals surface area contributed by atoms with Crippen molar-refractivity contribution < 1.29 is 13.0 Å². The Balaban J connectivity index is 2.74. The second kappa shape index (κ2) is 5.48. The van der Waals surface area contributed by atoms with Gasteiger partial charge in [-0.1, -0.05) is 0 Å². The fourth-order valence-corrected chi connectivity index (χ4v) is 1.83. The van der Waals surface area contributed by atoms with E-state index < -0.39 is 10.1 Å². The molecule has 1 N–H and O–H groups in total. The number of likely N-dealkylation sites (N-methyl/N-ethyl adjacent to an activating group) is 2. The van der Waals surface area contributed by atoms with Crippen LogP contribution >= 0.6 is 0 Å². The number of anilines is 1. The lowest BCUT2D eigenvalue weighted by Crippen LogP contribution is -2.28. The average Bonchev–Trinajstić information content (AvgIpc) is 2.25. The van der Waals surface area contributed by atoms with Crippen molar-refractivity contribution in [2.24, 2.45) is 0 Å². The molecule has 0 atom stereocenters. The molecule has 0 aliphatic heterocycles. The van der Waals surface area contributed by atoms with Crippen molar-refractivity contribution in [2.45, 2.75) is 4.90 Å². The van der Waals surface area contributed by atoms with Gasteiger partial charge in [0.2, 0.25) is 0 Å². The second-order valence-corrected chi connectivity index (χ2v) is 5.62. The van der Waals surface area contributed by atoms with Crippen molar-refractivity contribution in [2.75, 3.05) is 39.1 Å². The highest BCUT2D eigenvalue weighted by molar-refractivity contribution is 7.85. The number of hydrogen-bond acceptors (Lipinski definition) is 4. The van der Waals surface area contributed by atoms with Crippen LogP contribution in [-0.4, -0.2) is 52.1 Å². The minimum absolute atomic E-state index is 0.0812. The van der Waals surface area contributed by atoms with Gasteiger partial charge in [0.05, 0.1) is 4.90 Å². The van der Waals surface area contributed by atoms with E-state index in [9.17, 15) is 8.42 Å². The molecular formula is C11H18N2O3S. The fraction of sp³-hybridized carbons (Fsp3) is 0.455. The van der Waals surface area contributed by atoms with Gasteiger partial charge in [0.1, 0.15) is 0 Å². The topological polar surface area (TPSA) is 60.9 Å². The first kappa shape index (κ1) is 14.0. The Morgan fingerprint density at radius 2 is 1.59 bits per heavy atom. The predicted molar refractivity (Wildman–Crippen MR) is 68.1 cm³/mol. The molecule has 0 heterocycles. The van der Waals surface area contributed by atoms with Gasteiger partial charge < -0.3 is 9.80 Å². The summed E-state index contributed by atoms with van der Waals surface area (Å²) in [6.07, 6.45) is 0. The highest BCUT2D eigenvalue weighted by Crippen LogP contribution is 2.16. The van der Waals surface area contributed by atoms with Crippen LogP contribution in [0.15, 0.2) is 29.2 Å². The van der Waals surface area contributed by atoms with Crippen LogP contribution in [0.5, 0.6) is 0 Å². The van der Waals surface area contributed by atoms with Gasteiger partial charge in [-0.25, -0.2) is 0 Å². The number of hydrogen-bond donors (Lipinski definition) is 1. The van der Waals surface area contributed by atoms with Gasteiger partial charge in [-0.2, -0.15) is 8.42 Å². The van der Waals surface area contributed by atoms with Gasteiger partial charge in [-0.05, 0) is 38.4 Å². The van der Waals surface area contributed by atoms with E-state index in [1.165, 1.54) is 12.1 Å². The molecule has 0 aliphatic rings. The lowest BCUT2D eigenvalue weighted by molar-refractivity contribution is 0.416. The molecule has 0 amide bonds. The average molecular weight is 258 g/mol. The molecular weight excluding hydrogens is 240 g/mol. The number of rotatable bonds is 5. The van der Waals surface area contributed by atoms with Crippen molar-refractivity contribution in [3.63, 3.8) is 0 Å². The lowest BCUT2D eigenvalue weighted by atomic mass is 10.3. The Bertz CT molecular complexity index is 454. The first-order valence-electron chi connectivity index (χ1n) is 5.24. The van der Waals surface area contributed by atoms with E-state index in [4.69, 9.17) is 4.55 Å². The molecule has 1 rings (SSSR count). The molecule has 96 valence electrons. The SMILES string of the molecule is CN(C)CCN(C)c1ccc(S(=O)(=O)O)cc1. The minimum Gasteiger partial charge on any atom is -0.373 e. The minimum atomic E-state index is -4.10. The molecule has 0 unspecified atom stereocenters. The van der Waals surface area contributed by atoms with Gasteiger partial charge in [0.25, 0.3) is 10.1 Å². The van der Waals surface area contributed by atoms with Crippen molar-refractivity contribution >= 4 is 15.8 Å². The van der Waals surface area contributed by atoms with Crippen LogP contribution in [-0.2, 0) is 10.1 Å². The Kier molecular flexibility index (Phi) is 4.50. The monoisotopic (exact) mass is 258 g/mol. The molecule has 17 heavy (non-hydrogen) atoms. The summed E-state index contributed by atoms with van der Waals surface area (Å²) in [5.74, 6) is 0. The van der Waals surface area contributed by atoms with Crippen LogP contribution in [0, 0.1) is 0 Å². The highest BCUT2D eigenvalue weighted by atomic mass is 32.2. The Morgan fingerprint density at radius 3 is 2.00 bits per heavy atom.